The molecule has 0 amide bonds. The van der Waals surface area contributed by atoms with Gasteiger partial charge in [0.25, 0.3) is 0 Å². The molecular weight excluding hydrogens is 284 g/mol. The van der Waals surface area contributed by atoms with Gasteiger partial charge in [0.05, 0.1) is 0 Å². The second kappa shape index (κ2) is 6.29. The van der Waals surface area contributed by atoms with Crippen molar-refractivity contribution in [1.29, 1.82) is 0 Å². The Morgan fingerprint density at radius 2 is 1.75 bits per heavy atom. The summed E-state index contributed by atoms with van der Waals surface area (Å²) in [6, 6.07) is 12.3. The third kappa shape index (κ3) is 2.97. The maximum absolute atomic E-state index is 5.89. The first-order valence-corrected chi connectivity index (χ1v) is 7.98. The molecule has 0 heterocycles. The smallest absolute Gasteiger partial charge is 0.107 e. The standard InChI is InChI=1S/C16H18N2S2/c1-10-6-4-7-12(11(10)2)18-13-8-5-9-14(20-3)15(13)16(17)19/h4-9,18H,1-3H3,(H2,17,19). The van der Waals surface area contributed by atoms with E-state index in [1.165, 1.54) is 11.1 Å². The van der Waals surface area contributed by atoms with Crippen LogP contribution in [-0.4, -0.2) is 11.2 Å². The van der Waals surface area contributed by atoms with Gasteiger partial charge < -0.3 is 11.1 Å². The number of nitrogens with one attached hydrogen (secondary N) is 1. The van der Waals surface area contributed by atoms with Crippen LogP contribution >= 0.6 is 24.0 Å². The normalized spacial score (nSPS) is 10.3. The Morgan fingerprint density at radius 1 is 1.10 bits per heavy atom. The minimum atomic E-state index is 0.419. The van der Waals surface area contributed by atoms with Crippen LogP contribution in [0, 0.1) is 13.8 Å². The van der Waals surface area contributed by atoms with E-state index >= 15 is 0 Å². The molecule has 0 saturated heterocycles. The van der Waals surface area contributed by atoms with Crippen LogP contribution < -0.4 is 11.1 Å². The molecule has 3 N–H and O–H groups in total. The Labute approximate surface area is 129 Å². The van der Waals surface area contributed by atoms with E-state index < -0.39 is 0 Å². The lowest BCUT2D eigenvalue weighted by atomic mass is 10.1. The van der Waals surface area contributed by atoms with Crippen LogP contribution in [-0.2, 0) is 0 Å². The molecule has 0 unspecified atom stereocenters. The van der Waals surface area contributed by atoms with E-state index in [9.17, 15) is 0 Å². The van der Waals surface area contributed by atoms with E-state index in [1.54, 1.807) is 11.8 Å². The number of benzene rings is 2. The quantitative estimate of drug-likeness (QED) is 0.648. The molecule has 2 aromatic rings. The van der Waals surface area contributed by atoms with Crippen molar-refractivity contribution in [2.45, 2.75) is 18.7 Å². The van der Waals surface area contributed by atoms with Gasteiger partial charge in [-0.1, -0.05) is 30.4 Å². The molecule has 2 rings (SSSR count). The average Bonchev–Trinajstić information content (AvgIpc) is 2.43. The molecular formula is C16H18N2S2. The molecule has 0 spiro atoms. The van der Waals surface area contributed by atoms with E-state index in [4.69, 9.17) is 18.0 Å². The van der Waals surface area contributed by atoms with Crippen molar-refractivity contribution >= 4 is 40.3 Å². The van der Waals surface area contributed by atoms with Gasteiger partial charge >= 0.3 is 0 Å². The number of anilines is 2. The molecule has 0 fully saturated rings. The van der Waals surface area contributed by atoms with E-state index in [0.29, 0.717) is 4.99 Å². The van der Waals surface area contributed by atoms with Crippen LogP contribution in [0.1, 0.15) is 16.7 Å². The van der Waals surface area contributed by atoms with Gasteiger partial charge in [0.2, 0.25) is 0 Å². The SMILES string of the molecule is CSc1cccc(Nc2cccc(C)c2C)c1C(N)=S. The second-order valence-electron chi connectivity index (χ2n) is 4.62. The van der Waals surface area contributed by atoms with Crippen molar-refractivity contribution in [2.75, 3.05) is 11.6 Å². The summed E-state index contributed by atoms with van der Waals surface area (Å²) in [7, 11) is 0. The summed E-state index contributed by atoms with van der Waals surface area (Å²) in [4.78, 5) is 1.51. The molecule has 0 saturated carbocycles. The van der Waals surface area contributed by atoms with Gasteiger partial charge in [0.15, 0.2) is 0 Å². The zero-order valence-corrected chi connectivity index (χ0v) is 13.5. The third-order valence-electron chi connectivity index (χ3n) is 3.37. The lowest BCUT2D eigenvalue weighted by Gasteiger charge is -2.16. The highest BCUT2D eigenvalue weighted by atomic mass is 32.2. The number of nitrogens with two attached hydrogens (primary N) is 1. The van der Waals surface area contributed by atoms with Crippen molar-refractivity contribution in [3.8, 4) is 0 Å². The molecule has 104 valence electrons. The largest absolute Gasteiger partial charge is 0.389 e. The number of hydrogen-bond acceptors (Lipinski definition) is 3. The number of rotatable bonds is 4. The van der Waals surface area contributed by atoms with E-state index in [1.807, 2.05) is 30.5 Å². The lowest BCUT2D eigenvalue weighted by molar-refractivity contribution is 1.32. The second-order valence-corrected chi connectivity index (χ2v) is 5.91. The fourth-order valence-corrected chi connectivity index (χ4v) is 3.01. The van der Waals surface area contributed by atoms with Crippen LogP contribution in [0.4, 0.5) is 11.4 Å². The number of aryl methyl sites for hydroxylation is 1. The van der Waals surface area contributed by atoms with E-state index in [0.717, 1.165) is 21.8 Å². The third-order valence-corrected chi connectivity index (χ3v) is 4.35. The van der Waals surface area contributed by atoms with Crippen LogP contribution in [0.3, 0.4) is 0 Å². The Balaban J connectivity index is 2.48. The number of thiocarbonyl (C=S) groups is 1. The van der Waals surface area contributed by atoms with Crippen molar-refractivity contribution in [2.24, 2.45) is 5.73 Å². The van der Waals surface area contributed by atoms with Crippen LogP contribution in [0.5, 0.6) is 0 Å². The van der Waals surface area contributed by atoms with Gasteiger partial charge in [-0.05, 0) is 49.4 Å². The van der Waals surface area contributed by atoms with Gasteiger partial charge in [-0.3, -0.25) is 0 Å². The molecule has 0 bridgehead atoms. The summed E-state index contributed by atoms with van der Waals surface area (Å²) in [5.74, 6) is 0. The fourth-order valence-electron chi connectivity index (χ4n) is 2.09. The molecule has 2 aromatic carbocycles. The highest BCUT2D eigenvalue weighted by Gasteiger charge is 2.11. The monoisotopic (exact) mass is 302 g/mol. The molecule has 0 aliphatic heterocycles. The zero-order chi connectivity index (χ0) is 14.7. The molecule has 0 atom stereocenters. The van der Waals surface area contributed by atoms with E-state index in [2.05, 4.69) is 31.3 Å². The van der Waals surface area contributed by atoms with Gasteiger partial charge in [0, 0.05) is 21.8 Å². The topological polar surface area (TPSA) is 38.0 Å². The van der Waals surface area contributed by atoms with Gasteiger partial charge in [-0.25, -0.2) is 0 Å². The van der Waals surface area contributed by atoms with Crippen LogP contribution in [0.15, 0.2) is 41.3 Å². The Bertz CT molecular complexity index is 651. The molecule has 0 radical (unpaired) electrons. The first kappa shape index (κ1) is 14.9. The van der Waals surface area contributed by atoms with Gasteiger partial charge in [-0.2, -0.15) is 0 Å². The Kier molecular flexibility index (Phi) is 4.68. The first-order valence-electron chi connectivity index (χ1n) is 6.34. The summed E-state index contributed by atoms with van der Waals surface area (Å²) < 4.78 is 0. The molecule has 4 heteroatoms. The minimum Gasteiger partial charge on any atom is -0.389 e. The summed E-state index contributed by atoms with van der Waals surface area (Å²) >= 11 is 6.85. The Hall–Kier alpha value is -1.52. The number of hydrogen-bond donors (Lipinski definition) is 2. The molecule has 0 aliphatic rings. The van der Waals surface area contributed by atoms with Gasteiger partial charge in [0.1, 0.15) is 4.99 Å². The van der Waals surface area contributed by atoms with Crippen molar-refractivity contribution < 1.29 is 0 Å². The maximum Gasteiger partial charge on any atom is 0.107 e. The zero-order valence-electron chi connectivity index (χ0n) is 11.9. The molecule has 0 aliphatic carbocycles. The molecule has 0 aromatic heterocycles. The van der Waals surface area contributed by atoms with Crippen molar-refractivity contribution in [1.82, 2.24) is 0 Å². The summed E-state index contributed by atoms with van der Waals surface area (Å²) in [6.45, 7) is 4.21. The molecule has 20 heavy (non-hydrogen) atoms. The Morgan fingerprint density at radius 3 is 2.40 bits per heavy atom. The van der Waals surface area contributed by atoms with Crippen molar-refractivity contribution in [3.05, 3.63) is 53.1 Å². The highest BCUT2D eigenvalue weighted by molar-refractivity contribution is 7.98. The summed E-state index contributed by atoms with van der Waals surface area (Å²) in [6.07, 6.45) is 2.03. The maximum atomic E-state index is 5.89. The number of thioether (sulfide) groups is 1. The average molecular weight is 302 g/mol. The predicted octanol–water partition coefficient (Wildman–Crippen LogP) is 4.40. The minimum absolute atomic E-state index is 0.419. The lowest BCUT2D eigenvalue weighted by Crippen LogP contribution is -2.13. The highest BCUT2D eigenvalue weighted by Crippen LogP contribution is 2.30. The van der Waals surface area contributed by atoms with Gasteiger partial charge in [-0.15, -0.1) is 11.8 Å². The van der Waals surface area contributed by atoms with Crippen LogP contribution in [0.25, 0.3) is 0 Å². The summed E-state index contributed by atoms with van der Waals surface area (Å²) in [5, 5.41) is 3.46. The molecule has 2 nitrogen and oxygen atoms in total. The van der Waals surface area contributed by atoms with Crippen LogP contribution in [0.2, 0.25) is 0 Å². The fraction of sp³-hybridized carbons (Fsp3) is 0.188. The summed E-state index contributed by atoms with van der Waals surface area (Å²) in [5.41, 5.74) is 11.3. The predicted molar refractivity (Wildman–Crippen MR) is 93.3 cm³/mol. The van der Waals surface area contributed by atoms with E-state index in [-0.39, 0.29) is 0 Å². The van der Waals surface area contributed by atoms with Crippen molar-refractivity contribution in [3.63, 3.8) is 0 Å². The first-order chi connectivity index (χ1) is 9.54.